The third kappa shape index (κ3) is 4.91. The monoisotopic (exact) mass is 264 g/mol. The lowest BCUT2D eigenvalue weighted by Crippen LogP contribution is -2.38. The fraction of sp³-hybridized carbons (Fsp3) is 0.533. The second kappa shape index (κ2) is 7.14. The van der Waals surface area contributed by atoms with Crippen molar-refractivity contribution in [1.29, 1.82) is 0 Å². The second-order valence-electron chi connectivity index (χ2n) is 5.29. The largest absolute Gasteiger partial charge is 0.399 e. The molecule has 0 heterocycles. The van der Waals surface area contributed by atoms with E-state index in [-0.39, 0.29) is 30.4 Å². The predicted molar refractivity (Wildman–Crippen MR) is 77.7 cm³/mol. The van der Waals surface area contributed by atoms with Crippen LogP contribution in [0.15, 0.2) is 24.3 Å². The van der Waals surface area contributed by atoms with Gasteiger partial charge < -0.3 is 16.2 Å². The van der Waals surface area contributed by atoms with Crippen LogP contribution in [0.25, 0.3) is 0 Å². The van der Waals surface area contributed by atoms with Gasteiger partial charge in [0, 0.05) is 24.8 Å². The van der Waals surface area contributed by atoms with Gasteiger partial charge in [0.1, 0.15) is 0 Å². The van der Waals surface area contributed by atoms with Gasteiger partial charge in [-0.2, -0.15) is 0 Å². The Balaban J connectivity index is 2.50. The van der Waals surface area contributed by atoms with Crippen LogP contribution in [0.2, 0.25) is 0 Å². The molecule has 0 aliphatic rings. The van der Waals surface area contributed by atoms with E-state index in [1.807, 2.05) is 45.0 Å². The molecule has 4 nitrogen and oxygen atoms in total. The lowest BCUT2D eigenvalue weighted by Gasteiger charge is -2.20. The van der Waals surface area contributed by atoms with Crippen LogP contribution in [-0.4, -0.2) is 23.7 Å². The number of hydrogen-bond donors (Lipinski definition) is 3. The highest BCUT2D eigenvalue weighted by atomic mass is 16.3. The number of hydrogen-bond acceptors (Lipinski definition) is 3. The van der Waals surface area contributed by atoms with E-state index in [9.17, 15) is 4.79 Å². The Morgan fingerprint density at radius 2 is 1.84 bits per heavy atom. The number of anilines is 1. The molecule has 0 aliphatic heterocycles. The molecule has 1 rings (SSSR count). The van der Waals surface area contributed by atoms with Crippen LogP contribution < -0.4 is 11.1 Å². The van der Waals surface area contributed by atoms with Crippen LogP contribution in [0, 0.1) is 5.92 Å². The van der Waals surface area contributed by atoms with Gasteiger partial charge in [0.2, 0.25) is 5.91 Å². The third-order valence-corrected chi connectivity index (χ3v) is 3.53. The number of amides is 1. The molecular weight excluding hydrogens is 240 g/mol. The smallest absolute Gasteiger partial charge is 0.220 e. The zero-order valence-electron chi connectivity index (χ0n) is 11.9. The first-order chi connectivity index (χ1) is 8.93. The normalized spacial score (nSPS) is 15.6. The van der Waals surface area contributed by atoms with Crippen molar-refractivity contribution in [3.05, 3.63) is 29.8 Å². The number of aliphatic hydroxyl groups is 1. The van der Waals surface area contributed by atoms with E-state index >= 15 is 0 Å². The Morgan fingerprint density at radius 1 is 1.26 bits per heavy atom. The summed E-state index contributed by atoms with van der Waals surface area (Å²) < 4.78 is 0. The molecular formula is C15H24N2O2. The molecule has 1 amide bonds. The minimum absolute atomic E-state index is 0.0112. The van der Waals surface area contributed by atoms with E-state index in [2.05, 4.69) is 5.32 Å². The summed E-state index contributed by atoms with van der Waals surface area (Å²) in [6.07, 6.45) is 0.437. The van der Waals surface area contributed by atoms with Crippen LogP contribution >= 0.6 is 0 Å². The molecule has 0 bridgehead atoms. The van der Waals surface area contributed by atoms with E-state index in [4.69, 9.17) is 10.8 Å². The maximum atomic E-state index is 11.9. The van der Waals surface area contributed by atoms with Gasteiger partial charge >= 0.3 is 0 Å². The van der Waals surface area contributed by atoms with E-state index in [1.165, 1.54) is 0 Å². The van der Waals surface area contributed by atoms with Crippen LogP contribution in [0.5, 0.6) is 0 Å². The maximum absolute atomic E-state index is 11.9. The number of rotatable bonds is 6. The van der Waals surface area contributed by atoms with E-state index < -0.39 is 0 Å². The molecule has 19 heavy (non-hydrogen) atoms. The zero-order valence-corrected chi connectivity index (χ0v) is 11.9. The first-order valence-electron chi connectivity index (χ1n) is 6.69. The Morgan fingerprint density at radius 3 is 2.37 bits per heavy atom. The average molecular weight is 264 g/mol. The Bertz CT molecular complexity index is 403. The summed E-state index contributed by atoms with van der Waals surface area (Å²) in [6, 6.07) is 7.58. The average Bonchev–Trinajstić information content (AvgIpc) is 2.38. The van der Waals surface area contributed by atoms with Crippen molar-refractivity contribution in [3.63, 3.8) is 0 Å². The Hall–Kier alpha value is -1.55. The number of aliphatic hydroxyl groups excluding tert-OH is 1. The number of carbonyl (C=O) groups is 1. The molecule has 3 unspecified atom stereocenters. The van der Waals surface area contributed by atoms with Gasteiger partial charge in [0.05, 0.1) is 0 Å². The number of nitrogen functional groups attached to an aromatic ring is 1. The molecule has 0 radical (unpaired) electrons. The first-order valence-corrected chi connectivity index (χ1v) is 6.69. The lowest BCUT2D eigenvalue weighted by molar-refractivity contribution is -0.122. The molecule has 1 aromatic rings. The summed E-state index contributed by atoms with van der Waals surface area (Å²) in [4.78, 5) is 11.9. The molecule has 3 atom stereocenters. The summed E-state index contributed by atoms with van der Waals surface area (Å²) in [5.41, 5.74) is 7.47. The fourth-order valence-electron chi connectivity index (χ4n) is 1.83. The fourth-order valence-corrected chi connectivity index (χ4v) is 1.83. The van der Waals surface area contributed by atoms with E-state index in [1.54, 1.807) is 0 Å². The Labute approximate surface area is 115 Å². The summed E-state index contributed by atoms with van der Waals surface area (Å²) in [5.74, 6) is 0.227. The predicted octanol–water partition coefficient (Wildman–Crippen LogP) is 1.90. The standard InChI is InChI=1S/C15H24N2O2/c1-10(13-4-6-14(16)7-5-13)8-15(19)17-12(3)11(2)9-18/h4-7,10-12,18H,8-9,16H2,1-3H3,(H,17,19). The van der Waals surface area contributed by atoms with Crippen molar-refractivity contribution in [2.75, 3.05) is 12.3 Å². The van der Waals surface area contributed by atoms with Gasteiger partial charge in [0.15, 0.2) is 0 Å². The number of nitrogens with two attached hydrogens (primary N) is 1. The number of nitrogens with one attached hydrogen (secondary N) is 1. The number of benzene rings is 1. The summed E-state index contributed by atoms with van der Waals surface area (Å²) >= 11 is 0. The second-order valence-corrected chi connectivity index (χ2v) is 5.29. The summed E-state index contributed by atoms with van der Waals surface area (Å²) in [6.45, 7) is 5.92. The molecule has 1 aromatic carbocycles. The molecule has 106 valence electrons. The van der Waals surface area contributed by atoms with Gasteiger partial charge in [-0.15, -0.1) is 0 Å². The van der Waals surface area contributed by atoms with Crippen molar-refractivity contribution in [3.8, 4) is 0 Å². The minimum atomic E-state index is -0.0175. The van der Waals surface area contributed by atoms with Crippen molar-refractivity contribution < 1.29 is 9.90 Å². The molecule has 0 saturated carbocycles. The van der Waals surface area contributed by atoms with Gasteiger partial charge in [-0.05, 0) is 36.5 Å². The highest BCUT2D eigenvalue weighted by Gasteiger charge is 2.16. The van der Waals surface area contributed by atoms with Crippen LogP contribution in [-0.2, 0) is 4.79 Å². The zero-order chi connectivity index (χ0) is 14.4. The van der Waals surface area contributed by atoms with Crippen molar-refractivity contribution >= 4 is 11.6 Å². The van der Waals surface area contributed by atoms with E-state index in [0.717, 1.165) is 11.3 Å². The van der Waals surface area contributed by atoms with E-state index in [0.29, 0.717) is 6.42 Å². The van der Waals surface area contributed by atoms with Crippen molar-refractivity contribution in [1.82, 2.24) is 5.32 Å². The van der Waals surface area contributed by atoms with Gasteiger partial charge in [-0.1, -0.05) is 26.0 Å². The molecule has 0 fully saturated rings. The highest BCUT2D eigenvalue weighted by molar-refractivity contribution is 5.77. The lowest BCUT2D eigenvalue weighted by atomic mass is 9.96. The minimum Gasteiger partial charge on any atom is -0.399 e. The first kappa shape index (κ1) is 15.5. The maximum Gasteiger partial charge on any atom is 0.220 e. The van der Waals surface area contributed by atoms with Crippen molar-refractivity contribution in [2.24, 2.45) is 5.92 Å². The molecule has 0 aliphatic carbocycles. The van der Waals surface area contributed by atoms with Crippen LogP contribution in [0.3, 0.4) is 0 Å². The van der Waals surface area contributed by atoms with Gasteiger partial charge in [-0.25, -0.2) is 0 Å². The van der Waals surface area contributed by atoms with Gasteiger partial charge in [-0.3, -0.25) is 4.79 Å². The molecule has 0 saturated heterocycles. The van der Waals surface area contributed by atoms with Crippen molar-refractivity contribution in [2.45, 2.75) is 39.2 Å². The molecule has 4 N–H and O–H groups in total. The van der Waals surface area contributed by atoms with Crippen LogP contribution in [0.4, 0.5) is 5.69 Å². The summed E-state index contributed by atoms with van der Waals surface area (Å²) in [7, 11) is 0. The molecule has 0 spiro atoms. The summed E-state index contributed by atoms with van der Waals surface area (Å²) in [5, 5.41) is 12.0. The van der Waals surface area contributed by atoms with Crippen LogP contribution in [0.1, 0.15) is 38.7 Å². The SMILES string of the molecule is CC(CC(=O)NC(C)C(C)CO)c1ccc(N)cc1. The highest BCUT2D eigenvalue weighted by Crippen LogP contribution is 2.20. The Kier molecular flexibility index (Phi) is 5.83. The molecule has 4 heteroatoms. The van der Waals surface area contributed by atoms with Gasteiger partial charge in [0.25, 0.3) is 0 Å². The molecule has 0 aromatic heterocycles. The topological polar surface area (TPSA) is 75.3 Å². The third-order valence-electron chi connectivity index (χ3n) is 3.53. The number of carbonyl (C=O) groups excluding carboxylic acids is 1. The quantitative estimate of drug-likeness (QED) is 0.687.